The molecule has 0 bridgehead atoms. The lowest BCUT2D eigenvalue weighted by molar-refractivity contribution is 0.0699. The van der Waals surface area contributed by atoms with Crippen molar-refractivity contribution in [3.05, 3.63) is 70.0 Å². The molecular formula is C20H14N2O3S2. The highest BCUT2D eigenvalue weighted by Crippen LogP contribution is 2.36. The molecule has 0 spiro atoms. The molecule has 0 aliphatic rings. The zero-order valence-electron chi connectivity index (χ0n) is 14.2. The molecule has 1 amide bonds. The minimum atomic E-state index is -1.08. The second kappa shape index (κ2) is 6.94. The number of nitrogens with zero attached hydrogens (tertiary/aromatic N) is 1. The van der Waals surface area contributed by atoms with Gasteiger partial charge in [-0.3, -0.25) is 4.79 Å². The van der Waals surface area contributed by atoms with Crippen LogP contribution in [0.2, 0.25) is 0 Å². The normalized spacial score (nSPS) is 10.9. The van der Waals surface area contributed by atoms with Crippen LogP contribution < -0.4 is 5.32 Å². The lowest BCUT2D eigenvalue weighted by Crippen LogP contribution is -2.13. The highest BCUT2D eigenvalue weighted by atomic mass is 32.1. The molecule has 0 saturated carbocycles. The van der Waals surface area contributed by atoms with Crippen molar-refractivity contribution in [1.29, 1.82) is 0 Å². The molecule has 0 aliphatic heterocycles. The number of rotatable bonds is 4. The molecule has 0 radical (unpaired) electrons. The number of aromatic nitrogens is 1. The highest BCUT2D eigenvalue weighted by Gasteiger charge is 2.22. The Morgan fingerprint density at radius 3 is 2.52 bits per heavy atom. The second-order valence-electron chi connectivity index (χ2n) is 5.97. The fourth-order valence-electron chi connectivity index (χ4n) is 2.72. The first-order valence-electron chi connectivity index (χ1n) is 8.11. The largest absolute Gasteiger partial charge is 0.478 e. The van der Waals surface area contributed by atoms with Gasteiger partial charge in [-0.05, 0) is 24.6 Å². The van der Waals surface area contributed by atoms with Crippen molar-refractivity contribution in [3.8, 4) is 10.4 Å². The average molecular weight is 394 g/mol. The molecular weight excluding hydrogens is 380 g/mol. The van der Waals surface area contributed by atoms with Crippen LogP contribution >= 0.6 is 22.7 Å². The van der Waals surface area contributed by atoms with Gasteiger partial charge in [0.25, 0.3) is 5.91 Å². The van der Waals surface area contributed by atoms with E-state index in [4.69, 9.17) is 0 Å². The molecule has 7 heteroatoms. The fraction of sp³-hybridized carbons (Fsp3) is 0.0500. The first kappa shape index (κ1) is 17.4. The number of carbonyl (C=O) groups excluding carboxylic acids is 1. The van der Waals surface area contributed by atoms with Crippen LogP contribution in [0.25, 0.3) is 20.7 Å². The maximum atomic E-state index is 12.6. The summed E-state index contributed by atoms with van der Waals surface area (Å²) in [7, 11) is 0. The monoisotopic (exact) mass is 394 g/mol. The van der Waals surface area contributed by atoms with Crippen molar-refractivity contribution < 1.29 is 14.7 Å². The lowest BCUT2D eigenvalue weighted by atomic mass is 10.1. The van der Waals surface area contributed by atoms with E-state index in [1.165, 1.54) is 22.7 Å². The van der Waals surface area contributed by atoms with Gasteiger partial charge in [0.1, 0.15) is 5.56 Å². The van der Waals surface area contributed by atoms with Gasteiger partial charge >= 0.3 is 5.97 Å². The number of hydrogen-bond acceptors (Lipinski definition) is 5. The zero-order valence-corrected chi connectivity index (χ0v) is 15.9. The number of thiazole rings is 1. The van der Waals surface area contributed by atoms with Crippen LogP contribution in [0.3, 0.4) is 0 Å². The summed E-state index contributed by atoms with van der Waals surface area (Å²) in [5, 5.41) is 14.4. The highest BCUT2D eigenvalue weighted by molar-refractivity contribution is 7.20. The molecule has 134 valence electrons. The van der Waals surface area contributed by atoms with E-state index in [9.17, 15) is 14.7 Å². The third-order valence-corrected chi connectivity index (χ3v) is 6.12. The van der Waals surface area contributed by atoms with Crippen LogP contribution in [0.15, 0.2) is 53.9 Å². The number of benzene rings is 2. The number of fused-ring (bicyclic) bond motifs is 1. The first-order valence-corrected chi connectivity index (χ1v) is 9.81. The van der Waals surface area contributed by atoms with Gasteiger partial charge in [0, 0.05) is 5.38 Å². The summed E-state index contributed by atoms with van der Waals surface area (Å²) in [5.74, 6) is -1.49. The predicted octanol–water partition coefficient (Wildman–Crippen LogP) is 5.28. The van der Waals surface area contributed by atoms with Gasteiger partial charge in [0.15, 0.2) is 5.01 Å². The Bertz CT molecular complexity index is 1130. The molecule has 4 aromatic rings. The van der Waals surface area contributed by atoms with Crippen LogP contribution in [-0.2, 0) is 0 Å². The van der Waals surface area contributed by atoms with E-state index in [1.807, 2.05) is 55.5 Å². The first-order chi connectivity index (χ1) is 13.0. The Morgan fingerprint density at radius 1 is 1.07 bits per heavy atom. The number of thiophene rings is 1. The van der Waals surface area contributed by atoms with Crippen LogP contribution in [0.1, 0.15) is 25.7 Å². The molecule has 2 heterocycles. The summed E-state index contributed by atoms with van der Waals surface area (Å²) in [4.78, 5) is 29.4. The summed E-state index contributed by atoms with van der Waals surface area (Å²) < 4.78 is 0.909. The van der Waals surface area contributed by atoms with E-state index in [1.54, 1.807) is 5.38 Å². The third-order valence-electron chi connectivity index (χ3n) is 4.05. The quantitative estimate of drug-likeness (QED) is 0.493. The molecule has 0 unspecified atom stereocenters. The summed E-state index contributed by atoms with van der Waals surface area (Å²) in [6.45, 7) is 1.97. The predicted molar refractivity (Wildman–Crippen MR) is 109 cm³/mol. The van der Waals surface area contributed by atoms with E-state index < -0.39 is 11.9 Å². The van der Waals surface area contributed by atoms with Gasteiger partial charge in [-0.2, -0.15) is 0 Å². The van der Waals surface area contributed by atoms with E-state index >= 15 is 0 Å². The molecule has 4 rings (SSSR count). The number of carboxylic acid groups (broad SMARTS) is 1. The van der Waals surface area contributed by atoms with E-state index in [2.05, 4.69) is 10.3 Å². The third kappa shape index (κ3) is 3.34. The summed E-state index contributed by atoms with van der Waals surface area (Å²) in [6.07, 6.45) is 0. The molecule has 2 aromatic carbocycles. The van der Waals surface area contributed by atoms with Crippen molar-refractivity contribution in [2.45, 2.75) is 6.92 Å². The molecule has 0 atom stereocenters. The van der Waals surface area contributed by atoms with Crippen molar-refractivity contribution >= 4 is 50.5 Å². The van der Waals surface area contributed by atoms with Crippen LogP contribution in [0.4, 0.5) is 5.69 Å². The number of aryl methyl sites for hydroxylation is 1. The number of carbonyl (C=O) groups is 2. The number of anilines is 1. The summed E-state index contributed by atoms with van der Waals surface area (Å²) in [6, 6.07) is 15.1. The van der Waals surface area contributed by atoms with Crippen LogP contribution in [0, 0.1) is 6.92 Å². The maximum absolute atomic E-state index is 12.6. The minimum Gasteiger partial charge on any atom is -0.478 e. The lowest BCUT2D eigenvalue weighted by Gasteiger charge is -2.05. The van der Waals surface area contributed by atoms with Gasteiger partial charge < -0.3 is 10.4 Å². The number of amides is 1. The number of nitrogens with one attached hydrogen (secondary N) is 1. The number of para-hydroxylation sites is 1. The van der Waals surface area contributed by atoms with Crippen molar-refractivity contribution in [2.24, 2.45) is 0 Å². The minimum absolute atomic E-state index is 0.0957. The maximum Gasteiger partial charge on any atom is 0.339 e. The number of hydrogen-bond donors (Lipinski definition) is 2. The van der Waals surface area contributed by atoms with E-state index in [0.717, 1.165) is 21.3 Å². The average Bonchev–Trinajstić information content (AvgIpc) is 3.26. The summed E-state index contributed by atoms with van der Waals surface area (Å²) in [5.41, 5.74) is 3.03. The molecule has 5 nitrogen and oxygen atoms in total. The van der Waals surface area contributed by atoms with E-state index in [-0.39, 0.29) is 11.3 Å². The van der Waals surface area contributed by atoms with Crippen LogP contribution in [-0.4, -0.2) is 22.0 Å². The molecule has 2 N–H and O–H groups in total. The van der Waals surface area contributed by atoms with E-state index in [0.29, 0.717) is 9.88 Å². The molecule has 2 aromatic heterocycles. The molecule has 0 fully saturated rings. The molecule has 0 saturated heterocycles. The Hall–Kier alpha value is -3.03. The van der Waals surface area contributed by atoms with Crippen molar-refractivity contribution in [1.82, 2.24) is 4.98 Å². The van der Waals surface area contributed by atoms with Gasteiger partial charge in [-0.15, -0.1) is 22.7 Å². The zero-order chi connectivity index (χ0) is 19.0. The Labute approximate surface area is 162 Å². The summed E-state index contributed by atoms with van der Waals surface area (Å²) >= 11 is 2.57. The van der Waals surface area contributed by atoms with Gasteiger partial charge in [0.05, 0.1) is 20.8 Å². The molecule has 0 aliphatic carbocycles. The Balaban J connectivity index is 1.68. The standard InChI is InChI=1S/C20H14N2O3S2/c1-11-6-8-12(9-7-11)17-16(20(24)25)14(10-26-17)21-18(23)19-22-13-4-2-3-5-15(13)27-19/h2-10H,1H3,(H,21,23)(H,24,25). The molecule has 27 heavy (non-hydrogen) atoms. The SMILES string of the molecule is Cc1ccc(-c2scc(NC(=O)c3nc4ccccc4s3)c2C(=O)O)cc1. The topological polar surface area (TPSA) is 79.3 Å². The van der Waals surface area contributed by atoms with Gasteiger partial charge in [-0.1, -0.05) is 42.0 Å². The van der Waals surface area contributed by atoms with Crippen molar-refractivity contribution in [2.75, 3.05) is 5.32 Å². The van der Waals surface area contributed by atoms with Gasteiger partial charge in [0.2, 0.25) is 0 Å². The number of carboxylic acids is 1. The Morgan fingerprint density at radius 2 is 1.81 bits per heavy atom. The van der Waals surface area contributed by atoms with Gasteiger partial charge in [-0.25, -0.2) is 9.78 Å². The van der Waals surface area contributed by atoms with Crippen LogP contribution in [0.5, 0.6) is 0 Å². The fourth-order valence-corrected chi connectivity index (χ4v) is 4.59. The van der Waals surface area contributed by atoms with Crippen molar-refractivity contribution in [3.63, 3.8) is 0 Å². The second-order valence-corrected chi connectivity index (χ2v) is 7.88. The smallest absolute Gasteiger partial charge is 0.339 e. The Kier molecular flexibility index (Phi) is 4.47. The number of aromatic carboxylic acids is 1.